The van der Waals surface area contributed by atoms with Crippen molar-refractivity contribution >= 4 is 22.4 Å². The fraction of sp³-hybridized carbons (Fsp3) is 0.565. The molecule has 0 unspecified atom stereocenters. The van der Waals surface area contributed by atoms with Gasteiger partial charge in [0.2, 0.25) is 0 Å². The van der Waals surface area contributed by atoms with E-state index in [1.807, 2.05) is 0 Å². The van der Waals surface area contributed by atoms with Gasteiger partial charge in [-0.2, -0.15) is 0 Å². The first kappa shape index (κ1) is 20.9. The van der Waals surface area contributed by atoms with Crippen LogP contribution in [0.2, 0.25) is 0 Å². The Bertz CT molecular complexity index is 654. The Hall–Kier alpha value is -1.41. The van der Waals surface area contributed by atoms with E-state index >= 15 is 0 Å². The number of benzene rings is 2. The Balaban J connectivity index is 1.88. The van der Waals surface area contributed by atoms with Gasteiger partial charge in [-0.25, -0.2) is 0 Å². The van der Waals surface area contributed by atoms with Crippen molar-refractivity contribution < 1.29 is 9.47 Å². The minimum absolute atomic E-state index is 0.759. The van der Waals surface area contributed by atoms with E-state index in [1.165, 1.54) is 48.4 Å². The number of unbranched alkanes of at least 4 members (excludes halogenated alkanes) is 6. The van der Waals surface area contributed by atoms with Crippen LogP contribution in [-0.4, -0.2) is 19.1 Å². The number of hydrogen-bond acceptors (Lipinski definition) is 2. The second-order valence-corrected chi connectivity index (χ2v) is 7.31. The minimum atomic E-state index is 0.759. The molecule has 0 radical (unpaired) electrons. The van der Waals surface area contributed by atoms with E-state index in [9.17, 15) is 0 Å². The monoisotopic (exact) mass is 376 g/mol. The lowest BCUT2D eigenvalue weighted by molar-refractivity contribution is 0.303. The molecule has 144 valence electrons. The predicted molar refractivity (Wildman–Crippen MR) is 113 cm³/mol. The molecule has 0 aromatic heterocycles. The molecule has 2 aromatic rings. The van der Waals surface area contributed by atoms with Crippen molar-refractivity contribution in [3.8, 4) is 11.5 Å². The van der Waals surface area contributed by atoms with Crippen molar-refractivity contribution in [2.75, 3.05) is 19.1 Å². The first-order valence-corrected chi connectivity index (χ1v) is 10.6. The molecule has 3 heteroatoms. The van der Waals surface area contributed by atoms with Crippen molar-refractivity contribution in [3.05, 3.63) is 35.9 Å². The minimum Gasteiger partial charge on any atom is -0.494 e. The smallest absolute Gasteiger partial charge is 0.122 e. The van der Waals surface area contributed by atoms with Gasteiger partial charge in [0.15, 0.2) is 0 Å². The van der Waals surface area contributed by atoms with Crippen molar-refractivity contribution in [2.45, 2.75) is 65.2 Å². The molecule has 0 N–H and O–H groups in total. The topological polar surface area (TPSA) is 18.5 Å². The zero-order valence-electron chi connectivity index (χ0n) is 16.4. The Labute approximate surface area is 163 Å². The SMILES string of the molecule is CCCCCCOc1ccc2cc(OCCCCCCCl)ccc2c1C. The zero-order valence-corrected chi connectivity index (χ0v) is 17.1. The number of alkyl halides is 1. The molecular formula is C23H33ClO2. The third kappa shape index (κ3) is 6.72. The number of rotatable bonds is 13. The molecule has 2 nitrogen and oxygen atoms in total. The first-order chi connectivity index (χ1) is 12.8. The quantitative estimate of drug-likeness (QED) is 0.270. The lowest BCUT2D eigenvalue weighted by Gasteiger charge is -2.13. The maximum absolute atomic E-state index is 5.99. The van der Waals surface area contributed by atoms with Crippen LogP contribution in [0.15, 0.2) is 30.3 Å². The standard InChI is InChI=1S/C23H33ClO2/c1-3-4-5-9-17-26-23-14-11-20-18-21(12-13-22(20)19(23)2)25-16-10-7-6-8-15-24/h11-14,18H,3-10,15-17H2,1-2H3. The number of aryl methyl sites for hydroxylation is 1. The highest BCUT2D eigenvalue weighted by molar-refractivity contribution is 6.17. The molecule has 2 aromatic carbocycles. The van der Waals surface area contributed by atoms with Gasteiger partial charge in [-0.15, -0.1) is 11.6 Å². The molecular weight excluding hydrogens is 344 g/mol. The van der Waals surface area contributed by atoms with Gasteiger partial charge in [-0.05, 0) is 60.7 Å². The lowest BCUT2D eigenvalue weighted by atomic mass is 10.0. The number of ether oxygens (including phenoxy) is 2. The predicted octanol–water partition coefficient (Wildman–Crippen LogP) is 7.29. The Morgan fingerprint density at radius 2 is 1.54 bits per heavy atom. The van der Waals surface area contributed by atoms with E-state index in [2.05, 4.69) is 44.2 Å². The third-order valence-electron chi connectivity index (χ3n) is 4.76. The van der Waals surface area contributed by atoms with Gasteiger partial charge in [0.05, 0.1) is 13.2 Å². The number of hydrogen-bond donors (Lipinski definition) is 0. The summed E-state index contributed by atoms with van der Waals surface area (Å²) in [4.78, 5) is 0. The molecule has 0 aliphatic rings. The van der Waals surface area contributed by atoms with Crippen LogP contribution >= 0.6 is 11.6 Å². The van der Waals surface area contributed by atoms with Crippen LogP contribution in [0.25, 0.3) is 10.8 Å². The van der Waals surface area contributed by atoms with Crippen LogP contribution in [0.3, 0.4) is 0 Å². The third-order valence-corrected chi connectivity index (χ3v) is 5.03. The van der Waals surface area contributed by atoms with Gasteiger partial charge >= 0.3 is 0 Å². The maximum Gasteiger partial charge on any atom is 0.122 e. The van der Waals surface area contributed by atoms with Crippen molar-refractivity contribution in [1.82, 2.24) is 0 Å². The number of halogens is 1. The molecule has 0 fully saturated rings. The Morgan fingerprint density at radius 1 is 0.808 bits per heavy atom. The summed E-state index contributed by atoms with van der Waals surface area (Å²) in [6.45, 7) is 5.94. The average Bonchev–Trinajstić information content (AvgIpc) is 2.66. The van der Waals surface area contributed by atoms with E-state index in [0.29, 0.717) is 0 Å². The van der Waals surface area contributed by atoms with Crippen LogP contribution in [-0.2, 0) is 0 Å². The molecule has 0 saturated carbocycles. The summed E-state index contributed by atoms with van der Waals surface area (Å²) < 4.78 is 11.9. The summed E-state index contributed by atoms with van der Waals surface area (Å²) in [5, 5.41) is 2.45. The van der Waals surface area contributed by atoms with E-state index in [-0.39, 0.29) is 0 Å². The Morgan fingerprint density at radius 3 is 2.31 bits per heavy atom. The molecule has 0 saturated heterocycles. The van der Waals surface area contributed by atoms with Gasteiger partial charge in [0, 0.05) is 5.88 Å². The van der Waals surface area contributed by atoms with Crippen LogP contribution in [0.1, 0.15) is 63.9 Å². The highest BCUT2D eigenvalue weighted by Gasteiger charge is 2.06. The highest BCUT2D eigenvalue weighted by Crippen LogP contribution is 2.30. The van der Waals surface area contributed by atoms with Gasteiger partial charge in [-0.1, -0.05) is 51.2 Å². The molecule has 0 atom stereocenters. The van der Waals surface area contributed by atoms with Gasteiger partial charge in [-0.3, -0.25) is 0 Å². The van der Waals surface area contributed by atoms with Crippen molar-refractivity contribution in [2.24, 2.45) is 0 Å². The summed E-state index contributed by atoms with van der Waals surface area (Å²) in [6.07, 6.45) is 9.46. The largest absolute Gasteiger partial charge is 0.494 e. The van der Waals surface area contributed by atoms with E-state index < -0.39 is 0 Å². The Kier molecular flexibility index (Phi) is 9.70. The molecule has 0 spiro atoms. The van der Waals surface area contributed by atoms with Gasteiger partial charge in [0.25, 0.3) is 0 Å². The second kappa shape index (κ2) is 12.1. The van der Waals surface area contributed by atoms with Crippen LogP contribution < -0.4 is 9.47 Å². The molecule has 0 bridgehead atoms. The molecule has 0 amide bonds. The normalized spacial score (nSPS) is 11.0. The summed E-state index contributed by atoms with van der Waals surface area (Å²) in [5.74, 6) is 2.71. The summed E-state index contributed by atoms with van der Waals surface area (Å²) >= 11 is 5.70. The number of fused-ring (bicyclic) bond motifs is 1. The maximum atomic E-state index is 5.99. The molecule has 0 aliphatic heterocycles. The molecule has 2 rings (SSSR count). The van der Waals surface area contributed by atoms with Gasteiger partial charge in [0.1, 0.15) is 11.5 Å². The van der Waals surface area contributed by atoms with E-state index in [0.717, 1.165) is 49.9 Å². The highest BCUT2D eigenvalue weighted by atomic mass is 35.5. The summed E-state index contributed by atoms with van der Waals surface area (Å²) in [5.41, 5.74) is 1.21. The van der Waals surface area contributed by atoms with E-state index in [1.54, 1.807) is 0 Å². The molecule has 0 aliphatic carbocycles. The van der Waals surface area contributed by atoms with Gasteiger partial charge < -0.3 is 9.47 Å². The first-order valence-electron chi connectivity index (χ1n) is 10.1. The molecule has 0 heterocycles. The molecule has 26 heavy (non-hydrogen) atoms. The van der Waals surface area contributed by atoms with Crippen LogP contribution in [0.4, 0.5) is 0 Å². The van der Waals surface area contributed by atoms with Crippen LogP contribution in [0, 0.1) is 6.92 Å². The summed E-state index contributed by atoms with van der Waals surface area (Å²) in [6, 6.07) is 10.6. The summed E-state index contributed by atoms with van der Waals surface area (Å²) in [7, 11) is 0. The lowest BCUT2D eigenvalue weighted by Crippen LogP contribution is -2.00. The zero-order chi connectivity index (χ0) is 18.6. The van der Waals surface area contributed by atoms with Crippen molar-refractivity contribution in [1.29, 1.82) is 0 Å². The fourth-order valence-corrected chi connectivity index (χ4v) is 3.33. The van der Waals surface area contributed by atoms with Crippen LogP contribution in [0.5, 0.6) is 11.5 Å². The van der Waals surface area contributed by atoms with E-state index in [4.69, 9.17) is 21.1 Å². The fourth-order valence-electron chi connectivity index (χ4n) is 3.14. The second-order valence-electron chi connectivity index (χ2n) is 6.93. The average molecular weight is 377 g/mol. The van der Waals surface area contributed by atoms with Crippen molar-refractivity contribution in [3.63, 3.8) is 0 Å².